The minimum atomic E-state index is -3.36. The molecule has 3 rings (SSSR count). The molecule has 0 atom stereocenters. The normalized spacial score (nSPS) is 11.9. The third-order valence-electron chi connectivity index (χ3n) is 2.65. The molecule has 4 nitrogen and oxygen atoms in total. The van der Waals surface area contributed by atoms with Crippen LogP contribution in [0.4, 0.5) is 8.78 Å². The van der Waals surface area contributed by atoms with Gasteiger partial charge in [0, 0.05) is 17.1 Å². The second-order valence-electron chi connectivity index (χ2n) is 3.88. The molecule has 0 unspecified atom stereocenters. The fourth-order valence-corrected chi connectivity index (χ4v) is 1.87. The van der Waals surface area contributed by atoms with Crippen LogP contribution in [0.5, 0.6) is 0 Å². The highest BCUT2D eigenvalue weighted by molar-refractivity contribution is 7.80. The Hall–Kier alpha value is -2.02. The van der Waals surface area contributed by atoms with Gasteiger partial charge in [0.25, 0.3) is 11.1 Å². The summed E-state index contributed by atoms with van der Waals surface area (Å²) in [5, 5.41) is 7.03. The first kappa shape index (κ1) is 12.0. The first-order chi connectivity index (χ1) is 9.07. The first-order valence-corrected chi connectivity index (χ1v) is 5.78. The van der Waals surface area contributed by atoms with Crippen molar-refractivity contribution >= 4 is 23.5 Å². The molecular weight excluding hydrogens is 272 g/mol. The van der Waals surface area contributed by atoms with Gasteiger partial charge in [-0.1, -0.05) is 24.8 Å². The number of thiol groups is 1. The molecule has 0 spiro atoms. The van der Waals surface area contributed by atoms with E-state index in [4.69, 9.17) is 4.42 Å². The van der Waals surface area contributed by atoms with Crippen LogP contribution in [-0.2, 0) is 5.92 Å². The van der Waals surface area contributed by atoms with E-state index in [0.717, 1.165) is 0 Å². The summed E-state index contributed by atoms with van der Waals surface area (Å²) in [6.45, 7) is 0. The van der Waals surface area contributed by atoms with Crippen LogP contribution in [0, 0.1) is 0 Å². The highest BCUT2D eigenvalue weighted by atomic mass is 32.1. The molecular formula is C12H7F2N3OS. The van der Waals surface area contributed by atoms with Crippen molar-refractivity contribution in [3.63, 3.8) is 0 Å². The molecule has 2 aromatic heterocycles. The molecule has 19 heavy (non-hydrogen) atoms. The number of aromatic nitrogens is 3. The van der Waals surface area contributed by atoms with Crippen molar-refractivity contribution in [2.45, 2.75) is 11.1 Å². The SMILES string of the molecule is FC(F)(c1ccc2ncccc2c1)c1nnc(S)o1. The molecule has 0 amide bonds. The van der Waals surface area contributed by atoms with Crippen LogP contribution in [0.25, 0.3) is 10.9 Å². The fourth-order valence-electron chi connectivity index (χ4n) is 1.74. The molecule has 0 radical (unpaired) electrons. The van der Waals surface area contributed by atoms with Crippen LogP contribution < -0.4 is 0 Å². The van der Waals surface area contributed by atoms with Gasteiger partial charge in [0.15, 0.2) is 0 Å². The molecule has 7 heteroatoms. The molecule has 0 aliphatic heterocycles. The average Bonchev–Trinajstić information content (AvgIpc) is 2.85. The maximum absolute atomic E-state index is 14.2. The van der Waals surface area contributed by atoms with E-state index in [1.807, 2.05) is 0 Å². The Morgan fingerprint density at radius 2 is 2.00 bits per heavy atom. The van der Waals surface area contributed by atoms with Crippen molar-refractivity contribution in [1.29, 1.82) is 0 Å². The van der Waals surface area contributed by atoms with Crippen molar-refractivity contribution in [3.8, 4) is 0 Å². The van der Waals surface area contributed by atoms with Crippen LogP contribution >= 0.6 is 12.6 Å². The average molecular weight is 279 g/mol. The highest BCUT2D eigenvalue weighted by Crippen LogP contribution is 2.36. The summed E-state index contributed by atoms with van der Waals surface area (Å²) in [6, 6.07) is 7.56. The number of fused-ring (bicyclic) bond motifs is 1. The summed E-state index contributed by atoms with van der Waals surface area (Å²) in [5.74, 6) is -4.14. The maximum atomic E-state index is 14.2. The second-order valence-corrected chi connectivity index (χ2v) is 4.26. The van der Waals surface area contributed by atoms with E-state index in [1.54, 1.807) is 18.3 Å². The Bertz CT molecular complexity index is 744. The van der Waals surface area contributed by atoms with Crippen LogP contribution in [0.15, 0.2) is 46.2 Å². The van der Waals surface area contributed by atoms with Gasteiger partial charge in [0.2, 0.25) is 0 Å². The van der Waals surface area contributed by atoms with Gasteiger partial charge in [-0.25, -0.2) is 0 Å². The molecule has 0 fully saturated rings. The maximum Gasteiger partial charge on any atom is 0.349 e. The number of hydrogen-bond acceptors (Lipinski definition) is 5. The van der Waals surface area contributed by atoms with E-state index in [1.165, 1.54) is 18.2 Å². The van der Waals surface area contributed by atoms with Gasteiger partial charge < -0.3 is 4.42 Å². The van der Waals surface area contributed by atoms with Crippen molar-refractivity contribution in [3.05, 3.63) is 48.0 Å². The van der Waals surface area contributed by atoms with Crippen LogP contribution in [-0.4, -0.2) is 15.2 Å². The lowest BCUT2D eigenvalue weighted by Gasteiger charge is -2.12. The zero-order chi connectivity index (χ0) is 13.5. The predicted molar refractivity (Wildman–Crippen MR) is 66.3 cm³/mol. The van der Waals surface area contributed by atoms with Crippen LogP contribution in [0.3, 0.4) is 0 Å². The number of benzene rings is 1. The molecule has 0 bridgehead atoms. The van der Waals surface area contributed by atoms with Gasteiger partial charge in [-0.2, -0.15) is 8.78 Å². The largest absolute Gasteiger partial charge is 0.410 e. The quantitative estimate of drug-likeness (QED) is 0.732. The van der Waals surface area contributed by atoms with Gasteiger partial charge in [0.05, 0.1) is 5.52 Å². The summed E-state index contributed by atoms with van der Waals surface area (Å²) in [7, 11) is 0. The Morgan fingerprint density at radius 1 is 1.16 bits per heavy atom. The lowest BCUT2D eigenvalue weighted by Crippen LogP contribution is -2.15. The highest BCUT2D eigenvalue weighted by Gasteiger charge is 2.40. The number of hydrogen-bond donors (Lipinski definition) is 1. The molecule has 0 N–H and O–H groups in total. The summed E-state index contributed by atoms with van der Waals surface area (Å²) in [5.41, 5.74) is 0.410. The van der Waals surface area contributed by atoms with Crippen molar-refractivity contribution in [2.75, 3.05) is 0 Å². The molecule has 0 saturated heterocycles. The third-order valence-corrected chi connectivity index (χ3v) is 2.83. The zero-order valence-corrected chi connectivity index (χ0v) is 10.3. The van der Waals surface area contributed by atoms with Crippen LogP contribution in [0.1, 0.15) is 11.5 Å². The molecule has 96 valence electrons. The lowest BCUT2D eigenvalue weighted by atomic mass is 10.1. The van der Waals surface area contributed by atoms with E-state index < -0.39 is 11.8 Å². The standard InChI is InChI=1S/C12H7F2N3OS/c13-12(14,10-16-17-11(19)18-10)8-3-4-9-7(6-8)2-1-5-15-9/h1-6H,(H,17,19). The molecule has 3 aromatic rings. The minimum Gasteiger partial charge on any atom is -0.410 e. The van der Waals surface area contributed by atoms with E-state index in [0.29, 0.717) is 10.9 Å². The smallest absolute Gasteiger partial charge is 0.349 e. The van der Waals surface area contributed by atoms with Crippen molar-refractivity contribution in [2.24, 2.45) is 0 Å². The molecule has 1 aromatic carbocycles. The zero-order valence-electron chi connectivity index (χ0n) is 9.42. The molecule has 2 heterocycles. The number of pyridine rings is 1. The predicted octanol–water partition coefficient (Wildman–Crippen LogP) is 3.05. The van der Waals surface area contributed by atoms with E-state index in [9.17, 15) is 8.78 Å². The second kappa shape index (κ2) is 4.27. The topological polar surface area (TPSA) is 51.8 Å². The summed E-state index contributed by atoms with van der Waals surface area (Å²) < 4.78 is 33.0. The fraction of sp³-hybridized carbons (Fsp3) is 0.0833. The van der Waals surface area contributed by atoms with Crippen molar-refractivity contribution < 1.29 is 13.2 Å². The Morgan fingerprint density at radius 3 is 2.74 bits per heavy atom. The van der Waals surface area contributed by atoms with E-state index >= 15 is 0 Å². The molecule has 0 aliphatic rings. The Labute approximate surface area is 111 Å². The first-order valence-electron chi connectivity index (χ1n) is 5.33. The molecule has 0 saturated carbocycles. The Kier molecular flexibility index (Phi) is 2.70. The van der Waals surface area contributed by atoms with E-state index in [2.05, 4.69) is 27.8 Å². The van der Waals surface area contributed by atoms with Gasteiger partial charge in [-0.3, -0.25) is 4.98 Å². The lowest BCUT2D eigenvalue weighted by molar-refractivity contribution is 0.0102. The van der Waals surface area contributed by atoms with Crippen molar-refractivity contribution in [1.82, 2.24) is 15.2 Å². The monoisotopic (exact) mass is 279 g/mol. The number of alkyl halides is 2. The minimum absolute atomic E-state index is 0.197. The summed E-state index contributed by atoms with van der Waals surface area (Å²) in [4.78, 5) is 4.07. The van der Waals surface area contributed by atoms with Gasteiger partial charge in [-0.15, -0.1) is 10.2 Å². The number of nitrogens with zero attached hydrogens (tertiary/aromatic N) is 3. The molecule has 0 aliphatic carbocycles. The van der Waals surface area contributed by atoms with Gasteiger partial charge >= 0.3 is 5.92 Å². The van der Waals surface area contributed by atoms with Gasteiger partial charge in [0.1, 0.15) is 0 Å². The third kappa shape index (κ3) is 2.06. The summed E-state index contributed by atoms with van der Waals surface area (Å²) in [6.07, 6.45) is 1.60. The van der Waals surface area contributed by atoms with Gasteiger partial charge in [-0.05, 0) is 18.2 Å². The van der Waals surface area contributed by atoms with E-state index in [-0.39, 0.29) is 10.8 Å². The number of rotatable bonds is 2. The van der Waals surface area contributed by atoms with Crippen LogP contribution in [0.2, 0.25) is 0 Å². The number of halogens is 2. The summed E-state index contributed by atoms with van der Waals surface area (Å²) >= 11 is 3.72. The Balaban J connectivity index is 2.12.